The van der Waals surface area contributed by atoms with Crippen molar-refractivity contribution in [3.05, 3.63) is 40.8 Å². The Labute approximate surface area is 143 Å². The Morgan fingerprint density at radius 2 is 2.00 bits per heavy atom. The first-order valence-electron chi connectivity index (χ1n) is 7.88. The SMILES string of the molecule is Cc1ccc(-c2nc3ccc(C4=NNC(=O)C(C)C4C)cc3o2)s1. The largest absolute Gasteiger partial charge is 0.435 e. The van der Waals surface area contributed by atoms with Gasteiger partial charge in [-0.05, 0) is 31.2 Å². The number of aromatic nitrogens is 1. The molecule has 2 aromatic heterocycles. The molecule has 0 aliphatic carbocycles. The van der Waals surface area contributed by atoms with E-state index in [-0.39, 0.29) is 17.7 Å². The zero-order chi connectivity index (χ0) is 16.8. The first-order valence-corrected chi connectivity index (χ1v) is 8.70. The van der Waals surface area contributed by atoms with E-state index in [2.05, 4.69) is 28.5 Å². The van der Waals surface area contributed by atoms with Crippen LogP contribution in [0.5, 0.6) is 0 Å². The number of hydrogen-bond donors (Lipinski definition) is 1. The molecule has 0 fully saturated rings. The lowest BCUT2D eigenvalue weighted by molar-refractivity contribution is -0.125. The first kappa shape index (κ1) is 15.1. The highest BCUT2D eigenvalue weighted by Crippen LogP contribution is 2.31. The summed E-state index contributed by atoms with van der Waals surface area (Å²) in [6, 6.07) is 9.95. The van der Waals surface area contributed by atoms with Gasteiger partial charge in [-0.3, -0.25) is 4.79 Å². The van der Waals surface area contributed by atoms with Crippen molar-refractivity contribution in [2.75, 3.05) is 0 Å². The highest BCUT2D eigenvalue weighted by atomic mass is 32.1. The minimum atomic E-state index is -0.104. The molecule has 3 heterocycles. The zero-order valence-corrected chi connectivity index (χ0v) is 14.5. The van der Waals surface area contributed by atoms with Crippen LogP contribution in [0.4, 0.5) is 0 Å². The Balaban J connectivity index is 1.75. The molecule has 1 amide bonds. The molecule has 1 N–H and O–H groups in total. The number of aryl methyl sites for hydroxylation is 1. The maximum Gasteiger partial charge on any atom is 0.243 e. The van der Waals surface area contributed by atoms with Crippen LogP contribution >= 0.6 is 11.3 Å². The molecular weight excluding hydrogens is 322 g/mol. The van der Waals surface area contributed by atoms with E-state index in [4.69, 9.17) is 4.42 Å². The summed E-state index contributed by atoms with van der Waals surface area (Å²) in [5, 5.41) is 4.24. The highest BCUT2D eigenvalue weighted by Gasteiger charge is 2.29. The molecule has 1 aliphatic rings. The lowest BCUT2D eigenvalue weighted by Crippen LogP contribution is -2.39. The number of benzene rings is 1. The van der Waals surface area contributed by atoms with Crippen LogP contribution in [0.2, 0.25) is 0 Å². The lowest BCUT2D eigenvalue weighted by atomic mass is 9.86. The molecule has 2 atom stereocenters. The van der Waals surface area contributed by atoms with E-state index in [1.165, 1.54) is 4.88 Å². The third-order valence-corrected chi connectivity index (χ3v) is 5.51. The number of amides is 1. The number of hydrogen-bond acceptors (Lipinski definition) is 5. The first-order chi connectivity index (χ1) is 11.5. The smallest absolute Gasteiger partial charge is 0.243 e. The van der Waals surface area contributed by atoms with Gasteiger partial charge < -0.3 is 4.42 Å². The number of oxazole rings is 1. The summed E-state index contributed by atoms with van der Waals surface area (Å²) < 4.78 is 5.94. The van der Waals surface area contributed by atoms with Crippen LogP contribution < -0.4 is 5.43 Å². The van der Waals surface area contributed by atoms with E-state index in [1.807, 2.05) is 38.1 Å². The molecule has 1 aliphatic heterocycles. The maximum atomic E-state index is 11.7. The number of hydrazone groups is 1. The summed E-state index contributed by atoms with van der Waals surface area (Å²) in [6.07, 6.45) is 0. The molecule has 3 aromatic rings. The Hall–Kier alpha value is -2.47. The van der Waals surface area contributed by atoms with Crippen LogP contribution in [0.3, 0.4) is 0 Å². The van der Waals surface area contributed by atoms with Crippen LogP contribution in [0.15, 0.2) is 39.9 Å². The number of carbonyl (C=O) groups excluding carboxylic acids is 1. The standard InChI is InChI=1S/C18H17N3O2S/c1-9-4-7-15(24-9)18-19-13-6-5-12(8-14(13)23-18)16-10(2)11(3)17(22)21-20-16/h4-8,10-11H,1-3H3,(H,21,22). The predicted molar refractivity (Wildman–Crippen MR) is 95.1 cm³/mol. The van der Waals surface area contributed by atoms with Gasteiger partial charge in [0.1, 0.15) is 5.52 Å². The van der Waals surface area contributed by atoms with Crippen LogP contribution in [-0.4, -0.2) is 16.6 Å². The predicted octanol–water partition coefficient (Wildman–Crippen LogP) is 3.97. The van der Waals surface area contributed by atoms with Crippen molar-refractivity contribution in [3.8, 4) is 10.8 Å². The number of nitrogens with zero attached hydrogens (tertiary/aromatic N) is 2. The van der Waals surface area contributed by atoms with Crippen molar-refractivity contribution >= 4 is 34.1 Å². The average molecular weight is 339 g/mol. The fraction of sp³-hybridized carbons (Fsp3) is 0.278. The van der Waals surface area contributed by atoms with Crippen LogP contribution in [0.25, 0.3) is 21.9 Å². The fourth-order valence-corrected chi connectivity index (χ4v) is 3.64. The second kappa shape index (κ2) is 5.56. The monoisotopic (exact) mass is 339 g/mol. The molecule has 0 saturated heterocycles. The molecule has 6 heteroatoms. The highest BCUT2D eigenvalue weighted by molar-refractivity contribution is 7.15. The topological polar surface area (TPSA) is 67.5 Å². The van der Waals surface area contributed by atoms with Crippen molar-refractivity contribution in [1.82, 2.24) is 10.4 Å². The summed E-state index contributed by atoms with van der Waals surface area (Å²) in [6.45, 7) is 6.00. The second-order valence-electron chi connectivity index (χ2n) is 6.16. The van der Waals surface area contributed by atoms with E-state index < -0.39 is 0 Å². The van der Waals surface area contributed by atoms with E-state index >= 15 is 0 Å². The quantitative estimate of drug-likeness (QED) is 0.768. The molecule has 0 spiro atoms. The van der Waals surface area contributed by atoms with Gasteiger partial charge in [0, 0.05) is 22.3 Å². The third-order valence-electron chi connectivity index (χ3n) is 4.52. The summed E-state index contributed by atoms with van der Waals surface area (Å²) in [5.74, 6) is 0.550. The van der Waals surface area contributed by atoms with Gasteiger partial charge in [-0.25, -0.2) is 10.4 Å². The molecule has 5 nitrogen and oxygen atoms in total. The van der Waals surface area contributed by atoms with Crippen molar-refractivity contribution < 1.29 is 9.21 Å². The van der Waals surface area contributed by atoms with E-state index in [9.17, 15) is 4.79 Å². The van der Waals surface area contributed by atoms with Crippen molar-refractivity contribution in [2.24, 2.45) is 16.9 Å². The molecule has 0 bridgehead atoms. The van der Waals surface area contributed by atoms with Gasteiger partial charge in [-0.2, -0.15) is 5.10 Å². The number of rotatable bonds is 2. The van der Waals surface area contributed by atoms with Gasteiger partial charge in [-0.1, -0.05) is 19.9 Å². The van der Waals surface area contributed by atoms with Gasteiger partial charge in [-0.15, -0.1) is 11.3 Å². The van der Waals surface area contributed by atoms with Crippen molar-refractivity contribution in [1.29, 1.82) is 0 Å². The molecule has 24 heavy (non-hydrogen) atoms. The lowest BCUT2D eigenvalue weighted by Gasteiger charge is -2.25. The summed E-state index contributed by atoms with van der Waals surface area (Å²) in [4.78, 5) is 18.5. The van der Waals surface area contributed by atoms with E-state index in [0.717, 1.165) is 27.3 Å². The molecule has 0 saturated carbocycles. The Kier molecular flexibility index (Phi) is 3.49. The van der Waals surface area contributed by atoms with Crippen LogP contribution in [0.1, 0.15) is 24.3 Å². The fourth-order valence-electron chi connectivity index (χ4n) is 2.85. The van der Waals surface area contributed by atoms with Gasteiger partial charge >= 0.3 is 0 Å². The van der Waals surface area contributed by atoms with Crippen LogP contribution in [0, 0.1) is 18.8 Å². The zero-order valence-electron chi connectivity index (χ0n) is 13.7. The third kappa shape index (κ3) is 2.43. The molecule has 4 rings (SSSR count). The minimum Gasteiger partial charge on any atom is -0.435 e. The molecule has 1 aromatic carbocycles. The van der Waals surface area contributed by atoms with Crippen LogP contribution in [-0.2, 0) is 4.79 Å². The average Bonchev–Trinajstić information content (AvgIpc) is 3.18. The number of carbonyl (C=O) groups is 1. The van der Waals surface area contributed by atoms with Crippen molar-refractivity contribution in [3.63, 3.8) is 0 Å². The van der Waals surface area contributed by atoms with Gasteiger partial charge in [0.15, 0.2) is 5.58 Å². The van der Waals surface area contributed by atoms with E-state index in [1.54, 1.807) is 11.3 Å². The molecule has 2 unspecified atom stereocenters. The van der Waals surface area contributed by atoms with Gasteiger partial charge in [0.25, 0.3) is 0 Å². The van der Waals surface area contributed by atoms with Gasteiger partial charge in [0.2, 0.25) is 11.8 Å². The minimum absolute atomic E-state index is 0.0395. The van der Waals surface area contributed by atoms with Crippen molar-refractivity contribution in [2.45, 2.75) is 20.8 Å². The Morgan fingerprint density at radius 1 is 1.17 bits per heavy atom. The molecule has 122 valence electrons. The normalized spacial score (nSPS) is 21.0. The molecular formula is C18H17N3O2S. The summed E-state index contributed by atoms with van der Waals surface area (Å²) in [5.41, 5.74) is 5.97. The summed E-state index contributed by atoms with van der Waals surface area (Å²) >= 11 is 1.66. The summed E-state index contributed by atoms with van der Waals surface area (Å²) in [7, 11) is 0. The van der Waals surface area contributed by atoms with Gasteiger partial charge in [0.05, 0.1) is 10.6 Å². The van der Waals surface area contributed by atoms with E-state index in [0.29, 0.717) is 5.89 Å². The number of thiophene rings is 1. The molecule has 0 radical (unpaired) electrons. The Morgan fingerprint density at radius 3 is 2.75 bits per heavy atom. The maximum absolute atomic E-state index is 11.7. The number of nitrogens with one attached hydrogen (secondary N) is 1. The second-order valence-corrected chi connectivity index (χ2v) is 7.45. The number of fused-ring (bicyclic) bond motifs is 1. The Bertz CT molecular complexity index is 970.